The van der Waals surface area contributed by atoms with Crippen molar-refractivity contribution in [2.24, 2.45) is 0 Å². The third kappa shape index (κ3) is 93.1. The van der Waals surface area contributed by atoms with E-state index in [4.69, 9.17) is 19.2 Å². The zero-order valence-corrected chi connectivity index (χ0v) is 10.4. The van der Waals surface area contributed by atoms with Crippen LogP contribution in [-0.2, 0) is 0 Å². The Balaban J connectivity index is -0.0000000750. The molecule has 0 bridgehead atoms. The van der Waals surface area contributed by atoms with Crippen LogP contribution < -0.4 is 19.2 Å². The van der Waals surface area contributed by atoms with Crippen molar-refractivity contribution in [1.29, 1.82) is 0 Å². The van der Waals surface area contributed by atoms with Gasteiger partial charge in [0.05, 0.1) is 0 Å². The Hall–Kier alpha value is 2.09. The van der Waals surface area contributed by atoms with E-state index in [-0.39, 0.29) is 48.9 Å². The van der Waals surface area contributed by atoms with Crippen LogP contribution in [-0.4, -0.2) is 74.7 Å². The summed E-state index contributed by atoms with van der Waals surface area (Å²) in [6, 6.07) is 0. The summed E-state index contributed by atoms with van der Waals surface area (Å²) >= 11 is 0.917. The summed E-state index contributed by atoms with van der Waals surface area (Å²) < 4.78 is 9.42. The SMILES string of the molecule is [Ba+2].[F][Al+2].[O-][Si]([O-])([O-])[O-]. The minimum Gasteiger partial charge on any atom is -0.894 e. The van der Waals surface area contributed by atoms with Crippen molar-refractivity contribution >= 4 is 74.7 Å². The molecule has 0 fully saturated rings. The normalized spacial score (nSPS) is 8.38. The van der Waals surface area contributed by atoms with Gasteiger partial charge < -0.3 is 28.2 Å². The van der Waals surface area contributed by atoms with Crippen molar-refractivity contribution in [3.63, 3.8) is 0 Å². The molecule has 0 atom stereocenters. The molecule has 8 heavy (non-hydrogen) atoms. The van der Waals surface area contributed by atoms with E-state index in [1.54, 1.807) is 0 Å². The van der Waals surface area contributed by atoms with Gasteiger partial charge in [-0.3, -0.25) is 0 Å². The Kier molecular flexibility index (Phi) is 18.8. The first-order chi connectivity index (χ1) is 3.00. The predicted octanol–water partition coefficient (Wildman–Crippen LogP) is -5.48. The van der Waals surface area contributed by atoms with Gasteiger partial charge in [-0.15, -0.1) is 0 Å². The summed E-state index contributed by atoms with van der Waals surface area (Å²) in [4.78, 5) is 34.3. The molecule has 0 aromatic carbocycles. The molecule has 0 saturated carbocycles. The Morgan fingerprint density at radius 3 is 1.00 bits per heavy atom. The second-order valence-electron chi connectivity index (χ2n) is 0.500. The summed E-state index contributed by atoms with van der Waals surface area (Å²) in [7, 11) is -5.61. The van der Waals surface area contributed by atoms with E-state index < -0.39 is 9.05 Å². The van der Waals surface area contributed by atoms with Crippen LogP contribution in [0.2, 0.25) is 0 Å². The molecule has 0 amide bonds. The zero-order chi connectivity index (χ0) is 6.50. The van der Waals surface area contributed by atoms with Crippen LogP contribution in [0.4, 0.5) is 3.52 Å². The first-order valence-electron chi connectivity index (χ1n) is 1.03. The van der Waals surface area contributed by atoms with Gasteiger partial charge in [-0.25, -0.2) is 0 Å². The molecule has 0 aromatic heterocycles. The van der Waals surface area contributed by atoms with E-state index in [0.717, 1.165) is 16.7 Å². The Morgan fingerprint density at radius 1 is 1.00 bits per heavy atom. The zero-order valence-electron chi connectivity index (χ0n) is 3.80. The van der Waals surface area contributed by atoms with Gasteiger partial charge in [0.2, 0.25) is 0 Å². The Bertz CT molecular complexity index is 31.5. The van der Waals surface area contributed by atoms with Gasteiger partial charge in [0, 0.05) is 0 Å². The standard InChI is InChI=1S/Al.Ba.FH.O4Si/c;;;1-5(2,3)4/h;;1H;/q+3;+2;;-4/p-1. The molecule has 0 heterocycles. The van der Waals surface area contributed by atoms with Gasteiger partial charge in [0.25, 0.3) is 0 Å². The van der Waals surface area contributed by atoms with Gasteiger partial charge in [-0.05, 0) is 0 Å². The third-order valence-corrected chi connectivity index (χ3v) is 0. The fraction of sp³-hybridized carbons (Fsp3) is 0. The molecule has 0 radical (unpaired) electrons. The molecule has 0 aliphatic heterocycles. The Morgan fingerprint density at radius 2 is 1.00 bits per heavy atom. The van der Waals surface area contributed by atoms with E-state index >= 15 is 0 Å². The second kappa shape index (κ2) is 9.09. The van der Waals surface area contributed by atoms with Gasteiger partial charge in [0.1, 0.15) is 0 Å². The maximum absolute atomic E-state index is 9.42. The molecule has 0 saturated heterocycles. The summed E-state index contributed by atoms with van der Waals surface area (Å²) in [5, 5.41) is 0. The van der Waals surface area contributed by atoms with Gasteiger partial charge in [-0.2, -0.15) is 0 Å². The van der Waals surface area contributed by atoms with E-state index in [0.29, 0.717) is 0 Å². The molecule has 0 unspecified atom stereocenters. The van der Waals surface area contributed by atoms with Crippen LogP contribution in [0.3, 0.4) is 0 Å². The van der Waals surface area contributed by atoms with Crippen LogP contribution in [0.15, 0.2) is 0 Å². The van der Waals surface area contributed by atoms with Crippen molar-refractivity contribution in [3.05, 3.63) is 0 Å². The molecule has 0 aromatic rings. The smallest absolute Gasteiger partial charge is 0.426 e. The van der Waals surface area contributed by atoms with E-state index in [1.165, 1.54) is 0 Å². The van der Waals surface area contributed by atoms with Gasteiger partial charge in [-0.1, -0.05) is 0 Å². The molecule has 0 aliphatic carbocycles. The summed E-state index contributed by atoms with van der Waals surface area (Å²) in [5.41, 5.74) is 0. The first-order valence-corrected chi connectivity index (χ1v) is 3.10. The minimum atomic E-state index is -5.61. The molecular formula is AlBaFO4Si. The molecular weight excluding hydrogens is 275 g/mol. The Labute approximate surface area is 95.8 Å². The fourth-order valence-electron chi connectivity index (χ4n) is 0. The van der Waals surface area contributed by atoms with Crippen LogP contribution in [0, 0.1) is 0 Å². The summed E-state index contributed by atoms with van der Waals surface area (Å²) in [6.07, 6.45) is 0. The monoisotopic (exact) mass is 276 g/mol. The fourth-order valence-corrected chi connectivity index (χ4v) is 0. The van der Waals surface area contributed by atoms with Crippen molar-refractivity contribution in [2.75, 3.05) is 0 Å². The van der Waals surface area contributed by atoms with E-state index in [9.17, 15) is 3.52 Å². The van der Waals surface area contributed by atoms with Gasteiger partial charge >= 0.3 is 69.2 Å². The maximum atomic E-state index is 9.42. The molecule has 0 spiro atoms. The quantitative estimate of drug-likeness (QED) is 0.412. The van der Waals surface area contributed by atoms with Crippen LogP contribution in [0.5, 0.6) is 0 Å². The molecule has 0 N–H and O–H groups in total. The topological polar surface area (TPSA) is 92.2 Å². The predicted molar refractivity (Wildman–Crippen MR) is 18.4 cm³/mol. The van der Waals surface area contributed by atoms with Crippen LogP contribution in [0.25, 0.3) is 0 Å². The average molecular weight is 275 g/mol. The molecule has 40 valence electrons. The van der Waals surface area contributed by atoms with Crippen molar-refractivity contribution < 1.29 is 22.7 Å². The number of halogens is 1. The first kappa shape index (κ1) is 16.6. The number of rotatable bonds is 0. The minimum absolute atomic E-state index is 0. The molecule has 0 aliphatic rings. The average Bonchev–Trinajstić information content (AvgIpc) is 1.36. The summed E-state index contributed by atoms with van der Waals surface area (Å²) in [5.74, 6) is 0. The van der Waals surface area contributed by atoms with Crippen molar-refractivity contribution in [1.82, 2.24) is 0 Å². The largest absolute Gasteiger partial charge is 0.894 e. The van der Waals surface area contributed by atoms with E-state index in [1.807, 2.05) is 0 Å². The molecule has 4 nitrogen and oxygen atoms in total. The van der Waals surface area contributed by atoms with Crippen LogP contribution in [0.1, 0.15) is 0 Å². The number of hydrogen-bond acceptors (Lipinski definition) is 4. The van der Waals surface area contributed by atoms with Crippen molar-refractivity contribution in [2.45, 2.75) is 0 Å². The van der Waals surface area contributed by atoms with E-state index in [2.05, 4.69) is 0 Å². The van der Waals surface area contributed by atoms with Crippen LogP contribution >= 0.6 is 0 Å². The van der Waals surface area contributed by atoms with Crippen molar-refractivity contribution in [3.8, 4) is 0 Å². The molecule has 8 heteroatoms. The second-order valence-corrected chi connectivity index (χ2v) is 1.50. The number of hydrogen-bond donors (Lipinski definition) is 0. The molecule has 0 rings (SSSR count). The summed E-state index contributed by atoms with van der Waals surface area (Å²) in [6.45, 7) is 0. The third-order valence-electron chi connectivity index (χ3n) is 0. The maximum Gasteiger partial charge on any atom is -0.426 e. The van der Waals surface area contributed by atoms with Gasteiger partial charge in [0.15, 0.2) is 0 Å².